The van der Waals surface area contributed by atoms with Crippen LogP contribution in [0, 0.1) is 11.6 Å². The molecule has 0 atom stereocenters. The van der Waals surface area contributed by atoms with Gasteiger partial charge in [0, 0.05) is 31.0 Å². The van der Waals surface area contributed by atoms with Gasteiger partial charge in [-0.1, -0.05) is 17.7 Å². The Morgan fingerprint density at radius 3 is 2.43 bits per heavy atom. The highest BCUT2D eigenvalue weighted by atomic mass is 35.5. The van der Waals surface area contributed by atoms with Crippen molar-refractivity contribution in [1.29, 1.82) is 0 Å². The lowest BCUT2D eigenvalue weighted by molar-refractivity contribution is 0.112. The Kier molecular flexibility index (Phi) is 7.86. The minimum atomic E-state index is -0.742. The smallest absolute Gasteiger partial charge is 0.153 e. The van der Waals surface area contributed by atoms with Crippen LogP contribution >= 0.6 is 11.6 Å². The summed E-state index contributed by atoms with van der Waals surface area (Å²) in [6.45, 7) is 0. The van der Waals surface area contributed by atoms with E-state index in [2.05, 4.69) is 20.4 Å². The van der Waals surface area contributed by atoms with Crippen molar-refractivity contribution in [3.63, 3.8) is 0 Å². The van der Waals surface area contributed by atoms with Gasteiger partial charge in [-0.25, -0.2) is 13.8 Å². The zero-order valence-corrected chi connectivity index (χ0v) is 15.9. The standard InChI is InChI=1S/C18H12ClF2N3O.C2H6O/c19-12-2-1-3-14(7-12)24-18-11(10-25)6-15(9-22-18)23-17-5-4-13(20)8-16(17)21;1-3-2/h1-10,23H,(H,22,24);1-2H3. The third-order valence-corrected chi connectivity index (χ3v) is 3.58. The summed E-state index contributed by atoms with van der Waals surface area (Å²) in [4.78, 5) is 15.5. The van der Waals surface area contributed by atoms with Crippen LogP contribution in [0.3, 0.4) is 0 Å². The number of aldehydes is 1. The largest absolute Gasteiger partial charge is 0.388 e. The normalized spacial score (nSPS) is 9.89. The van der Waals surface area contributed by atoms with Crippen LogP contribution in [0.5, 0.6) is 0 Å². The molecule has 1 aromatic heterocycles. The predicted molar refractivity (Wildman–Crippen MR) is 107 cm³/mol. The zero-order chi connectivity index (χ0) is 20.5. The van der Waals surface area contributed by atoms with Crippen molar-refractivity contribution in [1.82, 2.24) is 4.98 Å². The van der Waals surface area contributed by atoms with Crippen molar-refractivity contribution in [3.8, 4) is 0 Å². The minimum Gasteiger partial charge on any atom is -0.388 e. The molecule has 0 unspecified atom stereocenters. The Hall–Kier alpha value is -3.03. The molecule has 0 bridgehead atoms. The topological polar surface area (TPSA) is 63.2 Å². The van der Waals surface area contributed by atoms with E-state index in [1.165, 1.54) is 18.3 Å². The van der Waals surface area contributed by atoms with E-state index in [1.807, 2.05) is 0 Å². The number of hydrogen-bond acceptors (Lipinski definition) is 5. The highest BCUT2D eigenvalue weighted by molar-refractivity contribution is 6.30. The summed E-state index contributed by atoms with van der Waals surface area (Å²) in [7, 11) is 3.25. The summed E-state index contributed by atoms with van der Waals surface area (Å²) in [5, 5.41) is 6.30. The second kappa shape index (κ2) is 10.3. The van der Waals surface area contributed by atoms with Gasteiger partial charge in [-0.05, 0) is 36.4 Å². The lowest BCUT2D eigenvalue weighted by atomic mass is 10.2. The zero-order valence-electron chi connectivity index (χ0n) is 15.2. The fourth-order valence-electron chi connectivity index (χ4n) is 2.19. The molecule has 0 radical (unpaired) electrons. The second-order valence-electron chi connectivity index (χ2n) is 5.57. The Bertz CT molecular complexity index is 954. The number of aromatic nitrogens is 1. The van der Waals surface area contributed by atoms with E-state index >= 15 is 0 Å². The van der Waals surface area contributed by atoms with Crippen LogP contribution in [0.2, 0.25) is 5.02 Å². The number of rotatable bonds is 5. The third kappa shape index (κ3) is 6.00. The highest BCUT2D eigenvalue weighted by Crippen LogP contribution is 2.25. The molecule has 5 nitrogen and oxygen atoms in total. The first-order valence-electron chi connectivity index (χ1n) is 8.07. The Labute approximate surface area is 166 Å². The molecule has 3 aromatic rings. The Balaban J connectivity index is 0.000000878. The molecule has 146 valence electrons. The summed E-state index contributed by atoms with van der Waals surface area (Å²) in [6, 6.07) is 11.6. The van der Waals surface area contributed by atoms with Crippen LogP contribution < -0.4 is 10.6 Å². The molecule has 0 spiro atoms. The molecule has 0 amide bonds. The van der Waals surface area contributed by atoms with Crippen molar-refractivity contribution < 1.29 is 18.3 Å². The van der Waals surface area contributed by atoms with Crippen LogP contribution in [0.15, 0.2) is 54.7 Å². The van der Waals surface area contributed by atoms with Gasteiger partial charge in [-0.2, -0.15) is 0 Å². The van der Waals surface area contributed by atoms with Crippen LogP contribution in [0.25, 0.3) is 0 Å². The summed E-state index contributed by atoms with van der Waals surface area (Å²) < 4.78 is 30.9. The maximum absolute atomic E-state index is 13.7. The number of methoxy groups -OCH3 is 1. The van der Waals surface area contributed by atoms with Crippen LogP contribution in [-0.4, -0.2) is 25.5 Å². The number of benzene rings is 2. The number of hydrogen-bond donors (Lipinski definition) is 2. The van der Waals surface area contributed by atoms with Gasteiger partial charge < -0.3 is 15.4 Å². The number of carbonyl (C=O) groups is 1. The summed E-state index contributed by atoms with van der Waals surface area (Å²) in [5.74, 6) is -1.08. The molecule has 0 aliphatic carbocycles. The molecule has 2 aromatic carbocycles. The number of anilines is 4. The summed E-state index contributed by atoms with van der Waals surface area (Å²) in [6.07, 6.45) is 2.06. The fourth-order valence-corrected chi connectivity index (χ4v) is 2.38. The fraction of sp³-hybridized carbons (Fsp3) is 0.100. The van der Waals surface area contributed by atoms with Gasteiger partial charge in [0.15, 0.2) is 6.29 Å². The maximum Gasteiger partial charge on any atom is 0.153 e. The van der Waals surface area contributed by atoms with Gasteiger partial charge in [-0.3, -0.25) is 4.79 Å². The Morgan fingerprint density at radius 2 is 1.79 bits per heavy atom. The number of pyridine rings is 1. The van der Waals surface area contributed by atoms with Gasteiger partial charge in [0.1, 0.15) is 17.5 Å². The quantitative estimate of drug-likeness (QED) is 0.543. The summed E-state index contributed by atoms with van der Waals surface area (Å²) >= 11 is 5.92. The lowest BCUT2D eigenvalue weighted by Crippen LogP contribution is -2.01. The summed E-state index contributed by atoms with van der Waals surface area (Å²) in [5.41, 5.74) is 1.42. The predicted octanol–water partition coefficient (Wildman–Crippen LogP) is 5.58. The first-order chi connectivity index (χ1) is 13.5. The van der Waals surface area contributed by atoms with E-state index in [0.29, 0.717) is 28.5 Å². The highest BCUT2D eigenvalue weighted by Gasteiger charge is 2.09. The number of nitrogens with zero attached hydrogens (tertiary/aromatic N) is 1. The van der Waals surface area contributed by atoms with Gasteiger partial charge in [0.2, 0.25) is 0 Å². The van der Waals surface area contributed by atoms with Gasteiger partial charge in [0.25, 0.3) is 0 Å². The average Bonchev–Trinajstić information content (AvgIpc) is 2.66. The van der Waals surface area contributed by atoms with Crippen LogP contribution in [-0.2, 0) is 4.74 Å². The van der Waals surface area contributed by atoms with E-state index in [9.17, 15) is 13.6 Å². The number of nitrogens with one attached hydrogen (secondary N) is 2. The van der Waals surface area contributed by atoms with Crippen LogP contribution in [0.1, 0.15) is 10.4 Å². The van der Waals surface area contributed by atoms with Gasteiger partial charge in [-0.15, -0.1) is 0 Å². The van der Waals surface area contributed by atoms with Gasteiger partial charge in [0.05, 0.1) is 23.1 Å². The molecule has 0 saturated heterocycles. The van der Waals surface area contributed by atoms with E-state index in [4.69, 9.17) is 11.6 Å². The Morgan fingerprint density at radius 1 is 1.04 bits per heavy atom. The van der Waals surface area contributed by atoms with Crippen molar-refractivity contribution in [2.75, 3.05) is 24.9 Å². The van der Waals surface area contributed by atoms with Gasteiger partial charge >= 0.3 is 0 Å². The average molecular weight is 406 g/mol. The van der Waals surface area contributed by atoms with Crippen molar-refractivity contribution in [3.05, 3.63) is 76.9 Å². The number of carbonyl (C=O) groups excluding carboxylic acids is 1. The minimum absolute atomic E-state index is 0.0793. The SMILES string of the molecule is COC.O=Cc1cc(Nc2ccc(F)cc2F)cnc1Nc1cccc(Cl)c1. The van der Waals surface area contributed by atoms with Crippen molar-refractivity contribution >= 4 is 40.8 Å². The number of ether oxygens (including phenoxy) is 1. The second-order valence-corrected chi connectivity index (χ2v) is 6.01. The first-order valence-corrected chi connectivity index (χ1v) is 8.44. The molecule has 1 heterocycles. The van der Waals surface area contributed by atoms with Crippen molar-refractivity contribution in [2.45, 2.75) is 0 Å². The first kappa shape index (κ1) is 21.3. The molecule has 0 aliphatic heterocycles. The molecule has 0 fully saturated rings. The molecular formula is C20H18ClF2N3O2. The van der Waals surface area contributed by atoms with E-state index in [0.717, 1.165) is 12.1 Å². The molecule has 0 aliphatic rings. The molecular weight excluding hydrogens is 388 g/mol. The van der Waals surface area contributed by atoms with E-state index in [-0.39, 0.29) is 11.3 Å². The third-order valence-electron chi connectivity index (χ3n) is 3.34. The lowest BCUT2D eigenvalue weighted by Gasteiger charge is -2.11. The van der Waals surface area contributed by atoms with E-state index in [1.54, 1.807) is 38.5 Å². The molecule has 3 rings (SSSR count). The maximum atomic E-state index is 13.7. The molecule has 0 saturated carbocycles. The van der Waals surface area contributed by atoms with E-state index < -0.39 is 11.6 Å². The van der Waals surface area contributed by atoms with Crippen molar-refractivity contribution in [2.24, 2.45) is 0 Å². The molecule has 28 heavy (non-hydrogen) atoms. The molecule has 8 heteroatoms. The van der Waals surface area contributed by atoms with Crippen LogP contribution in [0.4, 0.5) is 31.7 Å². The molecule has 2 N–H and O–H groups in total. The monoisotopic (exact) mass is 405 g/mol. The number of halogens is 3.